The minimum Gasteiger partial charge on any atom is -0.455 e. The van der Waals surface area contributed by atoms with E-state index in [1.54, 1.807) is 30.3 Å². The van der Waals surface area contributed by atoms with Crippen LogP contribution in [-0.2, 0) is 15.6 Å². The average Bonchev–Trinajstić information content (AvgIpc) is 3.25. The maximum absolute atomic E-state index is 12.5. The summed E-state index contributed by atoms with van der Waals surface area (Å²) < 4.78 is 30.3. The molecule has 31 heavy (non-hydrogen) atoms. The van der Waals surface area contributed by atoms with Gasteiger partial charge in [0.15, 0.2) is 15.6 Å². The molecule has 0 atom stereocenters. The van der Waals surface area contributed by atoms with Crippen molar-refractivity contribution in [3.63, 3.8) is 0 Å². The molecule has 0 aliphatic carbocycles. The molecule has 3 aromatic carbocycles. The Morgan fingerprint density at radius 2 is 1.42 bits per heavy atom. The zero-order valence-electron chi connectivity index (χ0n) is 16.2. The maximum atomic E-state index is 12.5. The molecule has 0 radical (unpaired) electrons. The number of benzene rings is 3. The van der Waals surface area contributed by atoms with Crippen molar-refractivity contribution in [3.8, 4) is 0 Å². The topological polar surface area (TPSA) is 105 Å². The van der Waals surface area contributed by atoms with E-state index >= 15 is 0 Å². The van der Waals surface area contributed by atoms with E-state index in [0.717, 1.165) is 10.8 Å². The number of fused-ring (bicyclic) bond motifs is 1. The lowest BCUT2D eigenvalue weighted by Crippen LogP contribution is -2.41. The molecule has 4 rings (SSSR count). The summed E-state index contributed by atoms with van der Waals surface area (Å²) in [7, 11) is -3.60. The predicted molar refractivity (Wildman–Crippen MR) is 115 cm³/mol. The molecular weight excluding hydrogens is 416 g/mol. The summed E-state index contributed by atoms with van der Waals surface area (Å²) in [6.07, 6.45) is 0. The summed E-state index contributed by atoms with van der Waals surface area (Å²) in [5, 5.41) is 1.65. The van der Waals surface area contributed by atoms with Gasteiger partial charge in [-0.05, 0) is 41.1 Å². The van der Waals surface area contributed by atoms with Gasteiger partial charge in [-0.1, -0.05) is 54.6 Å². The van der Waals surface area contributed by atoms with Gasteiger partial charge in [0.25, 0.3) is 5.91 Å². The molecule has 0 bridgehead atoms. The Morgan fingerprint density at radius 1 is 0.742 bits per heavy atom. The number of hydrogen-bond acceptors (Lipinski definition) is 5. The van der Waals surface area contributed by atoms with E-state index in [1.807, 2.05) is 30.3 Å². The van der Waals surface area contributed by atoms with E-state index in [0.29, 0.717) is 5.56 Å². The highest BCUT2D eigenvalue weighted by atomic mass is 32.2. The highest BCUT2D eigenvalue weighted by Gasteiger charge is 2.19. The fraction of sp³-hybridized carbons (Fsp3) is 0.0435. The molecule has 0 saturated carbocycles. The summed E-state index contributed by atoms with van der Waals surface area (Å²) in [4.78, 5) is 25.0. The second kappa shape index (κ2) is 8.45. The molecule has 2 amide bonds. The third-order valence-electron chi connectivity index (χ3n) is 4.64. The van der Waals surface area contributed by atoms with Crippen LogP contribution in [0.2, 0.25) is 0 Å². The molecule has 4 aromatic rings. The van der Waals surface area contributed by atoms with Gasteiger partial charge in [0, 0.05) is 5.56 Å². The zero-order chi connectivity index (χ0) is 21.8. The van der Waals surface area contributed by atoms with Crippen LogP contribution in [0.15, 0.2) is 94.2 Å². The molecule has 0 aliphatic heterocycles. The molecule has 2 N–H and O–H groups in total. The second-order valence-corrected chi connectivity index (χ2v) is 8.76. The Hall–Kier alpha value is -3.91. The molecule has 0 aliphatic rings. The third-order valence-corrected chi connectivity index (χ3v) is 6.30. The smallest absolute Gasteiger partial charge is 0.305 e. The lowest BCUT2D eigenvalue weighted by molar-refractivity contribution is 0.0831. The Balaban J connectivity index is 1.42. The highest BCUT2D eigenvalue weighted by molar-refractivity contribution is 7.90. The minimum absolute atomic E-state index is 0.114. The maximum Gasteiger partial charge on any atom is 0.305 e. The first-order chi connectivity index (χ1) is 14.9. The number of sulfone groups is 1. The van der Waals surface area contributed by atoms with Crippen molar-refractivity contribution in [1.82, 2.24) is 10.9 Å². The van der Waals surface area contributed by atoms with Crippen molar-refractivity contribution in [2.45, 2.75) is 10.6 Å². The summed E-state index contributed by atoms with van der Waals surface area (Å²) in [5.41, 5.74) is 5.05. The van der Waals surface area contributed by atoms with Crippen LogP contribution in [0, 0.1) is 0 Å². The lowest BCUT2D eigenvalue weighted by atomic mass is 10.0. The summed E-state index contributed by atoms with van der Waals surface area (Å²) in [6.45, 7) is 0. The van der Waals surface area contributed by atoms with Crippen molar-refractivity contribution in [2.75, 3.05) is 0 Å². The SMILES string of the molecule is O=C(NNC(=O)c1cccc2ccccc12)c1ccc(CS(=O)(=O)c2ccccc2)o1. The number of carbonyl (C=O) groups is 2. The van der Waals surface area contributed by atoms with E-state index in [2.05, 4.69) is 10.9 Å². The summed E-state index contributed by atoms with van der Waals surface area (Å²) in [6, 6.07) is 23.5. The van der Waals surface area contributed by atoms with Gasteiger partial charge in [-0.15, -0.1) is 0 Å². The normalized spacial score (nSPS) is 11.2. The number of amides is 2. The Labute approximate surface area is 178 Å². The summed E-state index contributed by atoms with van der Waals surface area (Å²) >= 11 is 0. The minimum atomic E-state index is -3.60. The average molecular weight is 434 g/mol. The fourth-order valence-electron chi connectivity index (χ4n) is 3.14. The number of furan rings is 1. The molecule has 7 nitrogen and oxygen atoms in total. The highest BCUT2D eigenvalue weighted by Crippen LogP contribution is 2.19. The standard InChI is InChI=1S/C23H18N2O5S/c26-22(20-12-6-8-16-7-4-5-11-19(16)20)24-25-23(27)21-14-13-17(30-21)15-31(28,29)18-9-2-1-3-10-18/h1-14H,15H2,(H,24,26)(H,25,27). The van der Waals surface area contributed by atoms with Gasteiger partial charge in [0.2, 0.25) is 0 Å². The van der Waals surface area contributed by atoms with E-state index in [1.165, 1.54) is 24.3 Å². The molecule has 156 valence electrons. The Morgan fingerprint density at radius 3 is 2.23 bits per heavy atom. The van der Waals surface area contributed by atoms with E-state index in [4.69, 9.17) is 4.42 Å². The Bertz CT molecular complexity index is 1360. The van der Waals surface area contributed by atoms with Gasteiger partial charge >= 0.3 is 5.91 Å². The van der Waals surface area contributed by atoms with Crippen LogP contribution >= 0.6 is 0 Å². The van der Waals surface area contributed by atoms with Gasteiger partial charge in [0.1, 0.15) is 11.5 Å². The molecule has 1 heterocycles. The fourth-order valence-corrected chi connectivity index (χ4v) is 4.41. The van der Waals surface area contributed by atoms with Crippen LogP contribution in [0.1, 0.15) is 26.7 Å². The number of carbonyl (C=O) groups excluding carboxylic acids is 2. The van der Waals surface area contributed by atoms with Crippen LogP contribution in [0.3, 0.4) is 0 Å². The van der Waals surface area contributed by atoms with Crippen molar-refractivity contribution < 1.29 is 22.4 Å². The number of nitrogens with one attached hydrogen (secondary N) is 2. The van der Waals surface area contributed by atoms with Crippen molar-refractivity contribution >= 4 is 32.4 Å². The van der Waals surface area contributed by atoms with Crippen LogP contribution in [-0.4, -0.2) is 20.2 Å². The molecule has 0 fully saturated rings. The van der Waals surface area contributed by atoms with Crippen molar-refractivity contribution in [3.05, 3.63) is 102 Å². The number of hydrazine groups is 1. The van der Waals surface area contributed by atoms with E-state index in [9.17, 15) is 18.0 Å². The quantitative estimate of drug-likeness (QED) is 0.468. The first kappa shape index (κ1) is 20.4. The monoisotopic (exact) mass is 434 g/mol. The molecular formula is C23H18N2O5S. The van der Waals surface area contributed by atoms with Gasteiger partial charge in [-0.2, -0.15) is 0 Å². The van der Waals surface area contributed by atoms with Crippen LogP contribution in [0.4, 0.5) is 0 Å². The first-order valence-corrected chi connectivity index (χ1v) is 11.0. The van der Waals surface area contributed by atoms with Gasteiger partial charge in [-0.25, -0.2) is 8.42 Å². The van der Waals surface area contributed by atoms with Crippen molar-refractivity contribution in [2.24, 2.45) is 0 Å². The van der Waals surface area contributed by atoms with E-state index in [-0.39, 0.29) is 22.2 Å². The second-order valence-electron chi connectivity index (χ2n) is 6.77. The van der Waals surface area contributed by atoms with Crippen LogP contribution in [0.25, 0.3) is 10.8 Å². The lowest BCUT2D eigenvalue weighted by Gasteiger charge is -2.08. The summed E-state index contributed by atoms with van der Waals surface area (Å²) in [5.74, 6) is -1.56. The Kier molecular flexibility index (Phi) is 5.55. The largest absolute Gasteiger partial charge is 0.455 e. The van der Waals surface area contributed by atoms with E-state index < -0.39 is 21.7 Å². The molecule has 0 spiro atoms. The zero-order valence-corrected chi connectivity index (χ0v) is 17.1. The number of rotatable bonds is 5. The molecule has 1 aromatic heterocycles. The van der Waals surface area contributed by atoms with Crippen molar-refractivity contribution in [1.29, 1.82) is 0 Å². The molecule has 8 heteroatoms. The van der Waals surface area contributed by atoms with Crippen LogP contribution in [0.5, 0.6) is 0 Å². The van der Waals surface area contributed by atoms with Gasteiger partial charge in [0.05, 0.1) is 4.90 Å². The molecule has 0 saturated heterocycles. The van der Waals surface area contributed by atoms with Gasteiger partial charge < -0.3 is 4.42 Å². The van der Waals surface area contributed by atoms with Crippen LogP contribution < -0.4 is 10.9 Å². The third kappa shape index (κ3) is 4.49. The van der Waals surface area contributed by atoms with Gasteiger partial charge in [-0.3, -0.25) is 20.4 Å². The first-order valence-electron chi connectivity index (χ1n) is 9.39. The molecule has 0 unspecified atom stereocenters. The number of hydrogen-bond donors (Lipinski definition) is 2. The predicted octanol–water partition coefficient (Wildman–Crippen LogP) is 3.48.